The third kappa shape index (κ3) is 5.14. The first-order chi connectivity index (χ1) is 14.6. The third-order valence-corrected chi connectivity index (χ3v) is 5.71. The minimum Gasteiger partial charge on any atom is -0.379 e. The molecule has 0 radical (unpaired) electrons. The van der Waals surface area contributed by atoms with Gasteiger partial charge in [-0.05, 0) is 42.0 Å². The van der Waals surface area contributed by atoms with Crippen LogP contribution in [0.2, 0.25) is 5.02 Å². The first-order valence-electron chi connectivity index (χ1n) is 10.2. The minimum atomic E-state index is -0.143. The molecule has 0 aliphatic carbocycles. The van der Waals surface area contributed by atoms with E-state index in [0.717, 1.165) is 56.0 Å². The standard InChI is InChI=1S/C23H27ClN4O2/c1-26(17-18-2-4-20(24)5-3-18)23(29)25-21-6-7-22-19(16-21)8-9-28(22)11-10-27-12-14-30-15-13-27/h2-9,16H,10-15,17H2,1H3,(H,25,29). The van der Waals surface area contributed by atoms with Crippen LogP contribution in [0.25, 0.3) is 10.9 Å². The lowest BCUT2D eigenvalue weighted by molar-refractivity contribution is 0.0365. The number of halogens is 1. The van der Waals surface area contributed by atoms with Gasteiger partial charge in [0.05, 0.1) is 13.2 Å². The number of carbonyl (C=O) groups excluding carboxylic acids is 1. The zero-order valence-electron chi connectivity index (χ0n) is 17.2. The fourth-order valence-electron chi connectivity index (χ4n) is 3.70. The van der Waals surface area contributed by atoms with Gasteiger partial charge in [0.1, 0.15) is 0 Å². The van der Waals surface area contributed by atoms with Gasteiger partial charge >= 0.3 is 6.03 Å². The first-order valence-corrected chi connectivity index (χ1v) is 10.6. The second-order valence-corrected chi connectivity index (χ2v) is 8.09. The lowest BCUT2D eigenvalue weighted by Crippen LogP contribution is -2.38. The highest BCUT2D eigenvalue weighted by molar-refractivity contribution is 6.30. The van der Waals surface area contributed by atoms with Crippen LogP contribution in [0.15, 0.2) is 54.7 Å². The summed E-state index contributed by atoms with van der Waals surface area (Å²) < 4.78 is 7.68. The molecule has 0 atom stereocenters. The number of urea groups is 1. The maximum Gasteiger partial charge on any atom is 0.321 e. The SMILES string of the molecule is CN(Cc1ccc(Cl)cc1)C(=O)Nc1ccc2c(ccn2CCN2CCOCC2)c1. The van der Waals surface area contributed by atoms with Gasteiger partial charge in [-0.3, -0.25) is 4.90 Å². The van der Waals surface area contributed by atoms with Crippen LogP contribution in [0.5, 0.6) is 0 Å². The van der Waals surface area contributed by atoms with Gasteiger partial charge in [-0.25, -0.2) is 4.79 Å². The summed E-state index contributed by atoms with van der Waals surface area (Å²) in [5.41, 5.74) is 3.00. The van der Waals surface area contributed by atoms with Crippen molar-refractivity contribution < 1.29 is 9.53 Å². The average Bonchev–Trinajstić information content (AvgIpc) is 3.17. The Morgan fingerprint density at radius 1 is 1.10 bits per heavy atom. The highest BCUT2D eigenvalue weighted by Crippen LogP contribution is 2.21. The molecule has 158 valence electrons. The van der Waals surface area contributed by atoms with E-state index in [-0.39, 0.29) is 6.03 Å². The van der Waals surface area contributed by atoms with E-state index in [2.05, 4.69) is 33.1 Å². The van der Waals surface area contributed by atoms with E-state index in [1.165, 1.54) is 5.52 Å². The predicted molar refractivity (Wildman–Crippen MR) is 121 cm³/mol. The van der Waals surface area contributed by atoms with E-state index in [1.807, 2.05) is 36.4 Å². The fourth-order valence-corrected chi connectivity index (χ4v) is 3.83. The van der Waals surface area contributed by atoms with Crippen LogP contribution < -0.4 is 5.32 Å². The fraction of sp³-hybridized carbons (Fsp3) is 0.348. The Balaban J connectivity index is 1.36. The van der Waals surface area contributed by atoms with Crippen molar-refractivity contribution in [1.82, 2.24) is 14.4 Å². The zero-order valence-corrected chi connectivity index (χ0v) is 17.9. The summed E-state index contributed by atoms with van der Waals surface area (Å²) in [5.74, 6) is 0. The van der Waals surface area contributed by atoms with Crippen LogP contribution in [0, 0.1) is 0 Å². The van der Waals surface area contributed by atoms with Crippen LogP contribution in [0.4, 0.5) is 10.5 Å². The normalized spacial score (nSPS) is 14.7. The van der Waals surface area contributed by atoms with Gasteiger partial charge < -0.3 is 19.5 Å². The monoisotopic (exact) mass is 426 g/mol. The lowest BCUT2D eigenvalue weighted by atomic mass is 10.2. The third-order valence-electron chi connectivity index (χ3n) is 5.46. The van der Waals surface area contributed by atoms with Gasteiger partial charge in [-0.2, -0.15) is 0 Å². The van der Waals surface area contributed by atoms with Crippen LogP contribution >= 0.6 is 11.6 Å². The van der Waals surface area contributed by atoms with Gasteiger partial charge in [-0.1, -0.05) is 23.7 Å². The Labute approximate surface area is 182 Å². The number of morpholine rings is 1. The van der Waals surface area contributed by atoms with E-state index in [9.17, 15) is 4.79 Å². The van der Waals surface area contributed by atoms with Crippen LogP contribution in [-0.2, 0) is 17.8 Å². The maximum atomic E-state index is 12.6. The summed E-state index contributed by atoms with van der Waals surface area (Å²) in [6, 6.07) is 15.5. The molecule has 0 saturated carbocycles. The van der Waals surface area contributed by atoms with Gasteiger partial charge in [0.2, 0.25) is 0 Å². The predicted octanol–water partition coefficient (Wildman–Crippen LogP) is 4.29. The van der Waals surface area contributed by atoms with Crippen LogP contribution in [0.1, 0.15) is 5.56 Å². The molecule has 4 rings (SSSR count). The number of hydrogen-bond acceptors (Lipinski definition) is 3. The summed E-state index contributed by atoms with van der Waals surface area (Å²) in [5, 5.41) is 4.80. The van der Waals surface area contributed by atoms with E-state index in [1.54, 1.807) is 11.9 Å². The van der Waals surface area contributed by atoms with Gasteiger partial charge in [0, 0.05) is 67.6 Å². The van der Waals surface area contributed by atoms with Crippen LogP contribution in [-0.4, -0.2) is 60.3 Å². The molecule has 0 bridgehead atoms. The molecule has 1 aromatic heterocycles. The highest BCUT2D eigenvalue weighted by Gasteiger charge is 2.12. The molecule has 0 unspecified atom stereocenters. The van der Waals surface area contributed by atoms with E-state index < -0.39 is 0 Å². The van der Waals surface area contributed by atoms with Gasteiger partial charge in [0.25, 0.3) is 0 Å². The number of fused-ring (bicyclic) bond motifs is 1. The Morgan fingerprint density at radius 2 is 1.87 bits per heavy atom. The molecule has 2 aromatic carbocycles. The number of carbonyl (C=O) groups is 1. The number of nitrogens with one attached hydrogen (secondary N) is 1. The number of nitrogens with zero attached hydrogens (tertiary/aromatic N) is 3. The van der Waals surface area contributed by atoms with Crippen molar-refractivity contribution in [3.8, 4) is 0 Å². The Bertz CT molecular complexity index is 996. The largest absolute Gasteiger partial charge is 0.379 e. The average molecular weight is 427 g/mol. The minimum absolute atomic E-state index is 0.143. The summed E-state index contributed by atoms with van der Waals surface area (Å²) in [7, 11) is 1.78. The number of anilines is 1. The molecule has 6 nitrogen and oxygen atoms in total. The summed E-state index contributed by atoms with van der Waals surface area (Å²) >= 11 is 5.92. The van der Waals surface area contributed by atoms with Crippen molar-refractivity contribution in [1.29, 1.82) is 0 Å². The maximum absolute atomic E-state index is 12.6. The second-order valence-electron chi connectivity index (χ2n) is 7.65. The molecule has 1 aliphatic rings. The molecule has 1 fully saturated rings. The molecular weight excluding hydrogens is 400 g/mol. The zero-order chi connectivity index (χ0) is 20.9. The second kappa shape index (κ2) is 9.51. The van der Waals surface area contributed by atoms with E-state index in [0.29, 0.717) is 11.6 Å². The molecule has 2 amide bonds. The van der Waals surface area contributed by atoms with Crippen molar-refractivity contribution in [2.75, 3.05) is 45.2 Å². The molecule has 30 heavy (non-hydrogen) atoms. The Hall–Kier alpha value is -2.54. The van der Waals surface area contributed by atoms with Gasteiger partial charge in [0.15, 0.2) is 0 Å². The Morgan fingerprint density at radius 3 is 2.63 bits per heavy atom. The van der Waals surface area contributed by atoms with E-state index in [4.69, 9.17) is 16.3 Å². The number of aromatic nitrogens is 1. The van der Waals surface area contributed by atoms with Crippen molar-refractivity contribution in [3.63, 3.8) is 0 Å². The molecule has 1 saturated heterocycles. The number of benzene rings is 2. The van der Waals surface area contributed by atoms with Gasteiger partial charge in [-0.15, -0.1) is 0 Å². The quantitative estimate of drug-likeness (QED) is 0.639. The van der Waals surface area contributed by atoms with Crippen molar-refractivity contribution in [2.24, 2.45) is 0 Å². The molecule has 1 N–H and O–H groups in total. The number of amides is 2. The topological polar surface area (TPSA) is 49.7 Å². The van der Waals surface area contributed by atoms with Crippen LogP contribution in [0.3, 0.4) is 0 Å². The first kappa shape index (κ1) is 20.7. The smallest absolute Gasteiger partial charge is 0.321 e. The number of hydrogen-bond donors (Lipinski definition) is 1. The lowest BCUT2D eigenvalue weighted by Gasteiger charge is -2.26. The number of rotatable bonds is 6. The summed E-state index contributed by atoms with van der Waals surface area (Å²) in [6.45, 7) is 6.12. The molecule has 0 spiro atoms. The highest BCUT2D eigenvalue weighted by atomic mass is 35.5. The molecule has 7 heteroatoms. The van der Waals surface area contributed by atoms with Crippen molar-refractivity contribution in [3.05, 3.63) is 65.3 Å². The Kier molecular flexibility index (Phi) is 6.57. The summed E-state index contributed by atoms with van der Waals surface area (Å²) in [6.07, 6.45) is 2.11. The molecule has 2 heterocycles. The number of ether oxygens (including phenoxy) is 1. The van der Waals surface area contributed by atoms with Crippen molar-refractivity contribution >= 4 is 34.2 Å². The molecule has 3 aromatic rings. The summed E-state index contributed by atoms with van der Waals surface area (Å²) in [4.78, 5) is 16.7. The molecular formula is C23H27ClN4O2. The molecule has 1 aliphatic heterocycles. The van der Waals surface area contributed by atoms with Crippen molar-refractivity contribution in [2.45, 2.75) is 13.1 Å². The van der Waals surface area contributed by atoms with E-state index >= 15 is 0 Å².